The minimum atomic E-state index is -0.338. The molecule has 322 valence electrons. The van der Waals surface area contributed by atoms with Gasteiger partial charge in [0.05, 0.1) is 28.0 Å². The van der Waals surface area contributed by atoms with Crippen molar-refractivity contribution in [2.75, 3.05) is 0 Å². The Kier molecular flexibility index (Phi) is 9.95. The Hall–Kier alpha value is -7.24. The van der Waals surface area contributed by atoms with Gasteiger partial charge >= 0.3 is 0 Å². The molecule has 3 heterocycles. The van der Waals surface area contributed by atoms with E-state index in [4.69, 9.17) is 14.4 Å². The number of furan rings is 1. The molecule has 0 bridgehead atoms. The Labute approximate surface area is 382 Å². The number of aromatic hydroxyl groups is 1. The molecule has 0 aliphatic heterocycles. The molecule has 0 aliphatic carbocycles. The lowest BCUT2D eigenvalue weighted by atomic mass is 9.79. The molecule has 0 saturated heterocycles. The second-order valence-electron chi connectivity index (χ2n) is 20.5. The molecule has 3 aromatic heterocycles. The Balaban J connectivity index is 1.28. The first kappa shape index (κ1) is 41.8. The first-order valence-corrected chi connectivity index (χ1v) is 22.6. The molecule has 0 unspecified atom stereocenters. The van der Waals surface area contributed by atoms with E-state index in [1.807, 2.05) is 30.5 Å². The molecule has 0 amide bonds. The summed E-state index contributed by atoms with van der Waals surface area (Å²) < 4.78 is 8.64. The molecule has 5 nitrogen and oxygen atoms in total. The lowest BCUT2D eigenvalue weighted by molar-refractivity contribution is 0.446. The van der Waals surface area contributed by atoms with Gasteiger partial charge in [-0.05, 0) is 116 Å². The summed E-state index contributed by atoms with van der Waals surface area (Å²) in [6.07, 6.45) is 1.85. The third-order valence-electron chi connectivity index (χ3n) is 12.8. The molecule has 0 saturated carbocycles. The standard InChI is InChI=1S/C60H55N3O2/c1-58(2,3)42-31-40(30-41(32-42)50-22-15-16-29-61-50)44-21-17-23-52-55(44)62-57(48-35-43(59(4,5)6)36-49(56(48)64)60(7,8)9)63(52)51-28-26-38(33-47(51)37-18-11-10-12-19-37)39-25-27-46-45-20-13-14-24-53(45)65-54(46)34-39/h10-36,64H,1-9H3. The van der Waals surface area contributed by atoms with E-state index in [2.05, 4.69) is 200 Å². The summed E-state index contributed by atoms with van der Waals surface area (Å²) in [5.74, 6) is 0.917. The Bertz CT molecular complexity index is 3430. The number of phenols is 1. The van der Waals surface area contributed by atoms with Crippen LogP contribution in [-0.2, 0) is 16.2 Å². The Morgan fingerprint density at radius 1 is 0.477 bits per heavy atom. The number of imidazole rings is 1. The molecule has 0 atom stereocenters. The van der Waals surface area contributed by atoms with Gasteiger partial charge in [-0.25, -0.2) is 4.98 Å². The summed E-state index contributed by atoms with van der Waals surface area (Å²) in [6, 6.07) is 55.7. The molecule has 5 heteroatoms. The number of aromatic nitrogens is 3. The minimum absolute atomic E-state index is 0.123. The molecule has 10 rings (SSSR count). The molecule has 7 aromatic carbocycles. The quantitative estimate of drug-likeness (QED) is 0.181. The molecule has 10 aromatic rings. The third kappa shape index (κ3) is 7.59. The maximum absolute atomic E-state index is 12.6. The van der Waals surface area contributed by atoms with Crippen LogP contribution in [0.2, 0.25) is 0 Å². The van der Waals surface area contributed by atoms with Gasteiger partial charge in [-0.15, -0.1) is 0 Å². The zero-order valence-corrected chi connectivity index (χ0v) is 38.8. The van der Waals surface area contributed by atoms with Crippen LogP contribution in [0.15, 0.2) is 168 Å². The highest BCUT2D eigenvalue weighted by atomic mass is 16.3. The first-order chi connectivity index (χ1) is 31.0. The number of phenolic OH excluding ortho intramolecular Hbond substituents is 1. The topological polar surface area (TPSA) is 64.1 Å². The molecule has 0 aliphatic rings. The second kappa shape index (κ2) is 15.5. The Morgan fingerprint density at radius 3 is 1.89 bits per heavy atom. The van der Waals surface area contributed by atoms with Crippen LogP contribution < -0.4 is 0 Å². The van der Waals surface area contributed by atoms with Crippen molar-refractivity contribution in [1.29, 1.82) is 0 Å². The van der Waals surface area contributed by atoms with Gasteiger partial charge in [-0.2, -0.15) is 0 Å². The van der Waals surface area contributed by atoms with E-state index in [1.54, 1.807) is 0 Å². The fourth-order valence-electron chi connectivity index (χ4n) is 9.13. The second-order valence-corrected chi connectivity index (χ2v) is 20.5. The number of hydrogen-bond acceptors (Lipinski definition) is 4. The van der Waals surface area contributed by atoms with Crippen molar-refractivity contribution in [2.45, 2.75) is 78.6 Å². The molecule has 0 spiro atoms. The molecular weight excluding hydrogens is 795 g/mol. The van der Waals surface area contributed by atoms with Gasteiger partial charge in [-0.1, -0.05) is 153 Å². The highest BCUT2D eigenvalue weighted by Crippen LogP contribution is 2.46. The van der Waals surface area contributed by atoms with Crippen molar-refractivity contribution in [3.63, 3.8) is 0 Å². The van der Waals surface area contributed by atoms with Gasteiger partial charge in [0.2, 0.25) is 0 Å². The number of fused-ring (bicyclic) bond motifs is 4. The van der Waals surface area contributed by atoms with Crippen molar-refractivity contribution in [3.8, 4) is 67.5 Å². The molecule has 1 N–H and O–H groups in total. The zero-order chi connectivity index (χ0) is 45.4. The zero-order valence-electron chi connectivity index (χ0n) is 38.8. The van der Waals surface area contributed by atoms with Crippen LogP contribution in [-0.4, -0.2) is 19.6 Å². The van der Waals surface area contributed by atoms with Crippen molar-refractivity contribution in [1.82, 2.24) is 14.5 Å². The van der Waals surface area contributed by atoms with Gasteiger partial charge in [0.15, 0.2) is 0 Å². The monoisotopic (exact) mass is 849 g/mol. The SMILES string of the molecule is CC(C)(C)c1cc(-c2ccccn2)cc(-c2cccc3c2nc(-c2cc(C(C)(C)C)cc(C(C)(C)C)c2O)n3-c2ccc(-c3ccc4c(c3)oc3ccccc34)cc2-c2ccccc2)c1. The van der Waals surface area contributed by atoms with Crippen LogP contribution in [0.4, 0.5) is 0 Å². The number of benzene rings is 7. The van der Waals surface area contributed by atoms with Crippen LogP contribution in [0.25, 0.3) is 94.7 Å². The smallest absolute Gasteiger partial charge is 0.149 e. The van der Waals surface area contributed by atoms with Crippen LogP contribution in [0.3, 0.4) is 0 Å². The van der Waals surface area contributed by atoms with Gasteiger partial charge in [-0.3, -0.25) is 9.55 Å². The van der Waals surface area contributed by atoms with Crippen molar-refractivity contribution >= 4 is 33.0 Å². The first-order valence-electron chi connectivity index (χ1n) is 22.6. The summed E-state index contributed by atoms with van der Waals surface area (Å²) in [5.41, 5.74) is 16.0. The minimum Gasteiger partial charge on any atom is -0.507 e. The van der Waals surface area contributed by atoms with Crippen molar-refractivity contribution in [3.05, 3.63) is 181 Å². The predicted octanol–water partition coefficient (Wildman–Crippen LogP) is 16.3. The number of pyridine rings is 1. The summed E-state index contributed by atoms with van der Waals surface area (Å²) in [4.78, 5) is 10.5. The van der Waals surface area contributed by atoms with Gasteiger partial charge in [0.1, 0.15) is 22.7 Å². The normalized spacial score (nSPS) is 12.4. The van der Waals surface area contributed by atoms with E-state index < -0.39 is 0 Å². The maximum atomic E-state index is 12.6. The van der Waals surface area contributed by atoms with Gasteiger partial charge in [0, 0.05) is 39.2 Å². The lowest BCUT2D eigenvalue weighted by Crippen LogP contribution is -2.17. The number of hydrogen-bond donors (Lipinski definition) is 1. The number of para-hydroxylation sites is 2. The highest BCUT2D eigenvalue weighted by molar-refractivity contribution is 6.06. The van der Waals surface area contributed by atoms with Crippen LogP contribution in [0.1, 0.15) is 79.0 Å². The van der Waals surface area contributed by atoms with E-state index in [1.165, 1.54) is 5.56 Å². The van der Waals surface area contributed by atoms with E-state index >= 15 is 0 Å². The van der Waals surface area contributed by atoms with E-state index in [-0.39, 0.29) is 22.0 Å². The van der Waals surface area contributed by atoms with Gasteiger partial charge in [0.25, 0.3) is 0 Å². The average Bonchev–Trinajstić information content (AvgIpc) is 3.87. The average molecular weight is 850 g/mol. The van der Waals surface area contributed by atoms with E-state index in [0.29, 0.717) is 11.4 Å². The van der Waals surface area contributed by atoms with Crippen molar-refractivity contribution in [2.24, 2.45) is 0 Å². The summed E-state index contributed by atoms with van der Waals surface area (Å²) >= 11 is 0. The van der Waals surface area contributed by atoms with E-state index in [0.717, 1.165) is 94.4 Å². The molecule has 0 radical (unpaired) electrons. The van der Waals surface area contributed by atoms with Crippen molar-refractivity contribution < 1.29 is 9.52 Å². The largest absolute Gasteiger partial charge is 0.507 e. The molecule has 65 heavy (non-hydrogen) atoms. The van der Waals surface area contributed by atoms with Crippen LogP contribution in [0, 0.1) is 0 Å². The predicted molar refractivity (Wildman–Crippen MR) is 271 cm³/mol. The maximum Gasteiger partial charge on any atom is 0.149 e. The summed E-state index contributed by atoms with van der Waals surface area (Å²) in [6.45, 7) is 19.9. The Morgan fingerprint density at radius 2 is 1.15 bits per heavy atom. The van der Waals surface area contributed by atoms with Crippen LogP contribution in [0.5, 0.6) is 5.75 Å². The fourth-order valence-corrected chi connectivity index (χ4v) is 9.13. The lowest BCUT2D eigenvalue weighted by Gasteiger charge is -2.27. The molecule has 0 fully saturated rings. The highest BCUT2D eigenvalue weighted by Gasteiger charge is 2.30. The third-order valence-corrected chi connectivity index (χ3v) is 12.8. The van der Waals surface area contributed by atoms with Crippen LogP contribution >= 0.6 is 0 Å². The number of rotatable bonds is 6. The molecular formula is C60H55N3O2. The van der Waals surface area contributed by atoms with Gasteiger partial charge < -0.3 is 9.52 Å². The fraction of sp³-hybridized carbons (Fsp3) is 0.200. The summed E-state index contributed by atoms with van der Waals surface area (Å²) in [7, 11) is 0. The van der Waals surface area contributed by atoms with E-state index in [9.17, 15) is 5.11 Å². The number of nitrogens with zero attached hydrogens (tertiary/aromatic N) is 3. The summed E-state index contributed by atoms with van der Waals surface area (Å²) in [5, 5.41) is 14.8.